The first-order chi connectivity index (χ1) is 15.8. The zero-order chi connectivity index (χ0) is 23.1. The van der Waals surface area contributed by atoms with Crippen LogP contribution in [0.4, 0.5) is 4.39 Å². The van der Waals surface area contributed by atoms with Crippen LogP contribution < -0.4 is 15.4 Å². The van der Waals surface area contributed by atoms with Gasteiger partial charge in [0.15, 0.2) is 6.61 Å². The first kappa shape index (κ1) is 21.4. The number of amides is 2. The van der Waals surface area contributed by atoms with Crippen molar-refractivity contribution in [3.8, 4) is 5.75 Å². The lowest BCUT2D eigenvalue weighted by molar-refractivity contribution is -0.141. The molecular formula is C23H21ClFN5O3. The van der Waals surface area contributed by atoms with E-state index in [1.165, 1.54) is 18.5 Å². The average molecular weight is 470 g/mol. The molecule has 3 fully saturated rings. The minimum Gasteiger partial charge on any atom is -0.484 e. The number of halogens is 2. The van der Waals surface area contributed by atoms with Gasteiger partial charge in [-0.2, -0.15) is 5.10 Å². The molecule has 8 nitrogen and oxygen atoms in total. The van der Waals surface area contributed by atoms with Crippen molar-refractivity contribution >= 4 is 23.4 Å². The molecule has 170 valence electrons. The second-order valence-corrected chi connectivity index (χ2v) is 9.16. The highest BCUT2D eigenvalue weighted by molar-refractivity contribution is 6.30. The second kappa shape index (κ2) is 8.15. The molecule has 3 aliphatic carbocycles. The fraction of sp³-hybridized carbons (Fsp3) is 0.304. The van der Waals surface area contributed by atoms with Crippen LogP contribution in [0.15, 0.2) is 55.1 Å². The molecule has 0 atom stereocenters. The lowest BCUT2D eigenvalue weighted by Gasteiger charge is -2.70. The summed E-state index contributed by atoms with van der Waals surface area (Å²) >= 11 is 5.64. The molecule has 2 bridgehead atoms. The molecule has 1 heterocycles. The Labute approximate surface area is 194 Å². The van der Waals surface area contributed by atoms with Gasteiger partial charge in [0.05, 0.1) is 11.6 Å². The van der Waals surface area contributed by atoms with Gasteiger partial charge in [0.2, 0.25) is 0 Å². The van der Waals surface area contributed by atoms with Crippen LogP contribution in [0.5, 0.6) is 5.75 Å². The van der Waals surface area contributed by atoms with Crippen molar-refractivity contribution in [2.75, 3.05) is 6.61 Å². The van der Waals surface area contributed by atoms with Crippen LogP contribution in [0.1, 0.15) is 35.2 Å². The topological polar surface area (TPSA) is 98.1 Å². The molecule has 3 aromatic rings. The van der Waals surface area contributed by atoms with Gasteiger partial charge in [0.1, 0.15) is 24.2 Å². The number of nitrogens with one attached hydrogen (secondary N) is 2. The van der Waals surface area contributed by atoms with E-state index in [9.17, 15) is 14.0 Å². The molecule has 33 heavy (non-hydrogen) atoms. The van der Waals surface area contributed by atoms with Crippen molar-refractivity contribution in [2.45, 2.75) is 36.9 Å². The zero-order valence-electron chi connectivity index (χ0n) is 17.6. The maximum absolute atomic E-state index is 13.5. The highest BCUT2D eigenvalue weighted by Crippen LogP contribution is 2.60. The maximum atomic E-state index is 13.5. The normalized spacial score (nSPS) is 22.6. The fourth-order valence-corrected chi connectivity index (χ4v) is 4.84. The number of ether oxygens (including phenoxy) is 1. The highest BCUT2D eigenvalue weighted by atomic mass is 35.5. The summed E-state index contributed by atoms with van der Waals surface area (Å²) in [5.41, 5.74) is 0.939. The minimum absolute atomic E-state index is 0.00468. The molecule has 3 saturated carbocycles. The van der Waals surface area contributed by atoms with E-state index in [0.29, 0.717) is 31.4 Å². The molecule has 1 aromatic heterocycles. The van der Waals surface area contributed by atoms with E-state index in [-0.39, 0.29) is 40.3 Å². The number of rotatable bonds is 8. The molecule has 6 rings (SSSR count). The van der Waals surface area contributed by atoms with Crippen molar-refractivity contribution in [3.05, 3.63) is 77.1 Å². The molecule has 0 unspecified atom stereocenters. The third kappa shape index (κ3) is 4.41. The molecule has 0 aliphatic heterocycles. The van der Waals surface area contributed by atoms with Crippen LogP contribution in [-0.2, 0) is 11.3 Å². The second-order valence-electron chi connectivity index (χ2n) is 8.75. The van der Waals surface area contributed by atoms with Crippen molar-refractivity contribution in [3.63, 3.8) is 0 Å². The Bertz CT molecular complexity index is 1200. The maximum Gasteiger partial charge on any atom is 0.258 e. The molecule has 0 saturated heterocycles. The van der Waals surface area contributed by atoms with Crippen molar-refractivity contribution in [1.82, 2.24) is 25.4 Å². The van der Waals surface area contributed by atoms with Gasteiger partial charge in [-0.1, -0.05) is 23.7 Å². The van der Waals surface area contributed by atoms with Gasteiger partial charge in [-0.15, -0.1) is 0 Å². The molecule has 2 N–H and O–H groups in total. The van der Waals surface area contributed by atoms with Gasteiger partial charge in [0, 0.05) is 22.7 Å². The van der Waals surface area contributed by atoms with E-state index in [1.807, 2.05) is 18.2 Å². The smallest absolute Gasteiger partial charge is 0.258 e. The first-order valence-electron chi connectivity index (χ1n) is 10.5. The summed E-state index contributed by atoms with van der Waals surface area (Å²) in [5, 5.41) is 10.2. The lowest BCUT2D eigenvalue weighted by Crippen LogP contribution is -2.84. The summed E-state index contributed by atoms with van der Waals surface area (Å²) in [4.78, 5) is 29.0. The van der Waals surface area contributed by atoms with Gasteiger partial charge < -0.3 is 15.4 Å². The Morgan fingerprint density at radius 2 is 1.91 bits per heavy atom. The van der Waals surface area contributed by atoms with Crippen LogP contribution in [0.3, 0.4) is 0 Å². The van der Waals surface area contributed by atoms with Crippen LogP contribution >= 0.6 is 11.6 Å². The van der Waals surface area contributed by atoms with Crippen molar-refractivity contribution < 1.29 is 18.7 Å². The molecule has 3 aliphatic rings. The summed E-state index contributed by atoms with van der Waals surface area (Å²) in [6.07, 6.45) is 5.11. The quantitative estimate of drug-likeness (QED) is 0.528. The van der Waals surface area contributed by atoms with E-state index < -0.39 is 5.82 Å². The van der Waals surface area contributed by atoms with Gasteiger partial charge in [-0.3, -0.25) is 9.59 Å². The number of carbonyl (C=O) groups excluding carboxylic acids is 2. The monoisotopic (exact) mass is 469 g/mol. The molecule has 2 amide bonds. The first-order valence-corrected chi connectivity index (χ1v) is 10.8. The van der Waals surface area contributed by atoms with E-state index in [2.05, 4.69) is 20.7 Å². The standard InChI is InChI=1S/C23H21ClFN5O3/c24-18-5-4-17(7-19(18)25)33-9-20(31)28-22-10-23(11-22,12-22)29-21(32)16-3-1-2-15(6-16)8-30-14-26-13-27-30/h1-7,13-14H,8-12H2,(H,28,31)(H,29,32). The summed E-state index contributed by atoms with van der Waals surface area (Å²) in [6.45, 7) is 0.312. The molecule has 10 heteroatoms. The number of hydrogen-bond donors (Lipinski definition) is 2. The van der Waals surface area contributed by atoms with Crippen molar-refractivity contribution in [1.29, 1.82) is 0 Å². The van der Waals surface area contributed by atoms with Crippen LogP contribution in [0.2, 0.25) is 5.02 Å². The fourth-order valence-electron chi connectivity index (χ4n) is 4.73. The SMILES string of the molecule is O=C(COc1ccc(Cl)c(F)c1)NC12CC(NC(=O)c3cccc(Cn4cncn4)c3)(C1)C2. The Kier molecular flexibility index (Phi) is 5.28. The third-order valence-corrected chi connectivity index (χ3v) is 6.38. The number of carbonyl (C=O) groups is 2. The van der Waals surface area contributed by atoms with Gasteiger partial charge in [0.25, 0.3) is 11.8 Å². The molecular weight excluding hydrogens is 449 g/mol. The zero-order valence-corrected chi connectivity index (χ0v) is 18.3. The van der Waals surface area contributed by atoms with E-state index in [4.69, 9.17) is 16.3 Å². The molecule has 2 aromatic carbocycles. The molecule has 0 radical (unpaired) electrons. The molecule has 0 spiro atoms. The Hall–Kier alpha value is -3.46. The number of nitrogens with zero attached hydrogens (tertiary/aromatic N) is 3. The predicted molar refractivity (Wildman–Crippen MR) is 117 cm³/mol. The average Bonchev–Trinajstić information content (AvgIpc) is 3.25. The largest absolute Gasteiger partial charge is 0.484 e. The van der Waals surface area contributed by atoms with E-state index in [1.54, 1.807) is 17.1 Å². The Morgan fingerprint density at radius 1 is 1.12 bits per heavy atom. The predicted octanol–water partition coefficient (Wildman–Crippen LogP) is 2.72. The van der Waals surface area contributed by atoms with E-state index >= 15 is 0 Å². The summed E-state index contributed by atoms with van der Waals surface area (Å²) in [5.74, 6) is -0.788. The number of benzene rings is 2. The number of hydrogen-bond acceptors (Lipinski definition) is 5. The summed E-state index contributed by atoms with van der Waals surface area (Å²) in [6, 6.07) is 11.4. The third-order valence-electron chi connectivity index (χ3n) is 6.07. The van der Waals surface area contributed by atoms with Crippen LogP contribution in [0.25, 0.3) is 0 Å². The summed E-state index contributed by atoms with van der Waals surface area (Å²) < 4.78 is 20.5. The summed E-state index contributed by atoms with van der Waals surface area (Å²) in [7, 11) is 0. The van der Waals surface area contributed by atoms with Gasteiger partial charge in [-0.25, -0.2) is 14.1 Å². The lowest BCUT2D eigenvalue weighted by atomic mass is 9.44. The van der Waals surface area contributed by atoms with Crippen LogP contribution in [0, 0.1) is 5.82 Å². The van der Waals surface area contributed by atoms with Gasteiger partial charge >= 0.3 is 0 Å². The van der Waals surface area contributed by atoms with Crippen molar-refractivity contribution in [2.24, 2.45) is 0 Å². The van der Waals surface area contributed by atoms with Gasteiger partial charge in [-0.05, 0) is 49.1 Å². The van der Waals surface area contributed by atoms with Crippen LogP contribution in [-0.4, -0.2) is 44.3 Å². The Balaban J connectivity index is 1.10. The van der Waals surface area contributed by atoms with E-state index in [0.717, 1.165) is 11.6 Å². The Morgan fingerprint density at radius 3 is 2.64 bits per heavy atom. The number of aromatic nitrogens is 3. The minimum atomic E-state index is -0.601. The highest BCUT2D eigenvalue weighted by Gasteiger charge is 2.69.